The van der Waals surface area contributed by atoms with Crippen LogP contribution in [-0.2, 0) is 4.74 Å². The SMILES string of the molecule is CNC(=S)OC1CCC(C(C)(C)C)CC1. The maximum atomic E-state index is 5.62. The van der Waals surface area contributed by atoms with E-state index in [1.165, 1.54) is 12.8 Å². The zero-order chi connectivity index (χ0) is 11.5. The molecule has 2 nitrogen and oxygen atoms in total. The quantitative estimate of drug-likeness (QED) is 0.698. The molecule has 0 bridgehead atoms. The van der Waals surface area contributed by atoms with Crippen LogP contribution in [0.15, 0.2) is 0 Å². The Balaban J connectivity index is 2.33. The normalized spacial score (nSPS) is 27.2. The van der Waals surface area contributed by atoms with Crippen LogP contribution in [0.4, 0.5) is 0 Å². The minimum absolute atomic E-state index is 0.337. The smallest absolute Gasteiger partial charge is 0.256 e. The van der Waals surface area contributed by atoms with Gasteiger partial charge in [0.15, 0.2) is 0 Å². The molecule has 0 aromatic rings. The Hall–Kier alpha value is -0.310. The topological polar surface area (TPSA) is 21.3 Å². The van der Waals surface area contributed by atoms with Crippen molar-refractivity contribution in [2.24, 2.45) is 11.3 Å². The number of rotatable bonds is 1. The van der Waals surface area contributed by atoms with Gasteiger partial charge in [0.1, 0.15) is 6.10 Å². The van der Waals surface area contributed by atoms with Crippen molar-refractivity contribution < 1.29 is 4.74 Å². The number of nitrogens with one attached hydrogen (secondary N) is 1. The van der Waals surface area contributed by atoms with Gasteiger partial charge in [-0.25, -0.2) is 0 Å². The van der Waals surface area contributed by atoms with Gasteiger partial charge < -0.3 is 10.1 Å². The van der Waals surface area contributed by atoms with E-state index in [1.54, 1.807) is 0 Å². The van der Waals surface area contributed by atoms with Crippen molar-refractivity contribution in [2.45, 2.75) is 52.6 Å². The lowest BCUT2D eigenvalue weighted by Gasteiger charge is -2.36. The summed E-state index contributed by atoms with van der Waals surface area (Å²) in [5, 5.41) is 3.40. The van der Waals surface area contributed by atoms with Crippen LogP contribution in [0, 0.1) is 11.3 Å². The molecule has 3 heteroatoms. The fraction of sp³-hybridized carbons (Fsp3) is 0.917. The molecular formula is C12H23NOS. The standard InChI is InChI=1S/C12H23NOS/c1-12(2,3)9-5-7-10(8-6-9)14-11(15)13-4/h9-10H,5-8H2,1-4H3,(H,13,15). The first-order valence-electron chi connectivity index (χ1n) is 5.82. The van der Waals surface area contributed by atoms with Gasteiger partial charge >= 0.3 is 0 Å². The number of ether oxygens (including phenoxy) is 1. The Morgan fingerprint density at radius 3 is 2.13 bits per heavy atom. The van der Waals surface area contributed by atoms with Crippen LogP contribution in [0.5, 0.6) is 0 Å². The Morgan fingerprint density at radius 2 is 1.73 bits per heavy atom. The van der Waals surface area contributed by atoms with E-state index in [4.69, 9.17) is 17.0 Å². The summed E-state index contributed by atoms with van der Waals surface area (Å²) < 4.78 is 5.62. The highest BCUT2D eigenvalue weighted by Crippen LogP contribution is 2.38. The van der Waals surface area contributed by atoms with Crippen molar-refractivity contribution in [1.82, 2.24) is 5.32 Å². The van der Waals surface area contributed by atoms with E-state index in [9.17, 15) is 0 Å². The van der Waals surface area contributed by atoms with Crippen molar-refractivity contribution in [2.75, 3.05) is 7.05 Å². The number of thiocarbonyl (C=S) groups is 1. The first kappa shape index (κ1) is 12.8. The predicted octanol–water partition coefficient (Wildman–Crippen LogP) is 3.11. The van der Waals surface area contributed by atoms with Crippen LogP contribution in [0.3, 0.4) is 0 Å². The van der Waals surface area contributed by atoms with Crippen LogP contribution < -0.4 is 5.32 Å². The van der Waals surface area contributed by atoms with Crippen molar-refractivity contribution >= 4 is 17.4 Å². The summed E-state index contributed by atoms with van der Waals surface area (Å²) in [7, 11) is 1.81. The van der Waals surface area contributed by atoms with Crippen LogP contribution in [0.2, 0.25) is 0 Å². The Labute approximate surface area is 98.8 Å². The zero-order valence-corrected chi connectivity index (χ0v) is 11.1. The highest BCUT2D eigenvalue weighted by atomic mass is 32.1. The number of hydrogen-bond donors (Lipinski definition) is 1. The first-order chi connectivity index (χ1) is 6.93. The Morgan fingerprint density at radius 1 is 1.20 bits per heavy atom. The zero-order valence-electron chi connectivity index (χ0n) is 10.3. The molecule has 1 aliphatic carbocycles. The summed E-state index contributed by atoms with van der Waals surface area (Å²) in [6.07, 6.45) is 5.15. The van der Waals surface area contributed by atoms with Crippen LogP contribution in [0.25, 0.3) is 0 Å². The lowest BCUT2D eigenvalue weighted by Crippen LogP contribution is -2.32. The average molecular weight is 229 g/mol. The minimum atomic E-state index is 0.337. The Kier molecular flexibility index (Phi) is 4.38. The molecule has 0 spiro atoms. The molecule has 15 heavy (non-hydrogen) atoms. The third-order valence-electron chi connectivity index (χ3n) is 3.38. The second-order valence-corrected chi connectivity index (χ2v) is 5.87. The van der Waals surface area contributed by atoms with Gasteiger partial charge in [-0.2, -0.15) is 0 Å². The van der Waals surface area contributed by atoms with Gasteiger partial charge in [-0.15, -0.1) is 0 Å². The second-order valence-electron chi connectivity index (χ2n) is 5.49. The molecule has 1 saturated carbocycles. The van der Waals surface area contributed by atoms with Crippen molar-refractivity contribution in [3.05, 3.63) is 0 Å². The van der Waals surface area contributed by atoms with Crippen LogP contribution in [0.1, 0.15) is 46.5 Å². The summed E-state index contributed by atoms with van der Waals surface area (Å²) in [6.45, 7) is 6.99. The molecule has 0 atom stereocenters. The molecule has 0 unspecified atom stereocenters. The molecule has 88 valence electrons. The van der Waals surface area contributed by atoms with E-state index in [0.717, 1.165) is 18.8 Å². The lowest BCUT2D eigenvalue weighted by atomic mass is 9.72. The molecule has 1 N–H and O–H groups in total. The summed E-state index contributed by atoms with van der Waals surface area (Å²) in [5.74, 6) is 0.834. The largest absolute Gasteiger partial charge is 0.468 e. The van der Waals surface area contributed by atoms with Gasteiger partial charge in [-0.3, -0.25) is 0 Å². The van der Waals surface area contributed by atoms with Gasteiger partial charge in [-0.1, -0.05) is 20.8 Å². The monoisotopic (exact) mass is 229 g/mol. The summed E-state index contributed by atoms with van der Waals surface area (Å²) in [4.78, 5) is 0. The van der Waals surface area contributed by atoms with Crippen LogP contribution >= 0.6 is 12.2 Å². The maximum absolute atomic E-state index is 5.62. The molecule has 0 aromatic carbocycles. The summed E-state index contributed by atoms with van der Waals surface area (Å²) >= 11 is 5.01. The first-order valence-corrected chi connectivity index (χ1v) is 6.22. The van der Waals surface area contributed by atoms with Crippen molar-refractivity contribution in [3.8, 4) is 0 Å². The molecule has 1 fully saturated rings. The molecule has 0 amide bonds. The van der Waals surface area contributed by atoms with Crippen molar-refractivity contribution in [1.29, 1.82) is 0 Å². The van der Waals surface area contributed by atoms with E-state index >= 15 is 0 Å². The third-order valence-corrected chi connectivity index (χ3v) is 3.68. The fourth-order valence-electron chi connectivity index (χ4n) is 2.26. The molecule has 0 saturated heterocycles. The lowest BCUT2D eigenvalue weighted by molar-refractivity contribution is 0.0804. The van der Waals surface area contributed by atoms with Gasteiger partial charge in [0, 0.05) is 7.05 Å². The van der Waals surface area contributed by atoms with Gasteiger partial charge in [-0.05, 0) is 49.2 Å². The summed E-state index contributed by atoms with van der Waals surface area (Å²) in [6, 6.07) is 0. The van der Waals surface area contributed by atoms with Crippen LogP contribution in [-0.4, -0.2) is 18.3 Å². The average Bonchev–Trinajstić information content (AvgIpc) is 2.17. The van der Waals surface area contributed by atoms with E-state index < -0.39 is 0 Å². The molecule has 1 aliphatic rings. The molecule has 0 heterocycles. The Bertz CT molecular complexity index is 214. The van der Waals surface area contributed by atoms with Gasteiger partial charge in [0.25, 0.3) is 5.17 Å². The predicted molar refractivity (Wildman–Crippen MR) is 67.9 cm³/mol. The van der Waals surface area contributed by atoms with E-state index in [0.29, 0.717) is 16.7 Å². The highest BCUT2D eigenvalue weighted by Gasteiger charge is 2.30. The molecule has 0 aromatic heterocycles. The maximum Gasteiger partial charge on any atom is 0.256 e. The number of hydrogen-bond acceptors (Lipinski definition) is 2. The highest BCUT2D eigenvalue weighted by molar-refractivity contribution is 7.80. The van der Waals surface area contributed by atoms with E-state index in [1.807, 2.05) is 7.05 Å². The van der Waals surface area contributed by atoms with E-state index in [-0.39, 0.29) is 0 Å². The van der Waals surface area contributed by atoms with Gasteiger partial charge in [0.2, 0.25) is 0 Å². The van der Waals surface area contributed by atoms with Crippen molar-refractivity contribution in [3.63, 3.8) is 0 Å². The third kappa shape index (κ3) is 3.98. The summed E-state index contributed by atoms with van der Waals surface area (Å²) in [5.41, 5.74) is 0.439. The molecular weight excluding hydrogens is 206 g/mol. The van der Waals surface area contributed by atoms with E-state index in [2.05, 4.69) is 26.1 Å². The molecule has 0 aliphatic heterocycles. The minimum Gasteiger partial charge on any atom is -0.468 e. The van der Waals surface area contributed by atoms with Gasteiger partial charge in [0.05, 0.1) is 0 Å². The fourth-order valence-corrected chi connectivity index (χ4v) is 2.39. The molecule has 0 radical (unpaired) electrons. The second kappa shape index (κ2) is 5.15. The molecule has 1 rings (SSSR count).